The van der Waals surface area contributed by atoms with Crippen LogP contribution in [0, 0.1) is 0 Å². The zero-order chi connectivity index (χ0) is 8.27. The highest BCUT2D eigenvalue weighted by Gasteiger charge is 2.04. The summed E-state index contributed by atoms with van der Waals surface area (Å²) in [4.78, 5) is 4.36. The largest absolute Gasteiger partial charge is 0.368 e. The van der Waals surface area contributed by atoms with Gasteiger partial charge >= 0.3 is 0 Å². The van der Waals surface area contributed by atoms with E-state index in [1.54, 1.807) is 0 Å². The van der Waals surface area contributed by atoms with Gasteiger partial charge in [0.15, 0.2) is 0 Å². The predicted octanol–water partition coefficient (Wildman–Crippen LogP) is 1.86. The molecule has 0 bridgehead atoms. The van der Waals surface area contributed by atoms with E-state index in [1.807, 2.05) is 32.1 Å². The van der Waals surface area contributed by atoms with Gasteiger partial charge in [-0.3, -0.25) is 4.99 Å². The summed E-state index contributed by atoms with van der Waals surface area (Å²) in [5.41, 5.74) is 2.23. The standard InChI is InChI=1S/C9H14N2/c1-4-5-9-6-7(2)10-8(3)11-9/h4-6,8,10H,1-3H3/b5-4+. The number of hydrogen-bond donors (Lipinski definition) is 1. The summed E-state index contributed by atoms with van der Waals surface area (Å²) in [5.74, 6) is 0. The van der Waals surface area contributed by atoms with Gasteiger partial charge in [0.1, 0.15) is 6.17 Å². The second kappa shape index (κ2) is 3.37. The lowest BCUT2D eigenvalue weighted by Gasteiger charge is -2.16. The molecule has 1 aliphatic heterocycles. The van der Waals surface area contributed by atoms with Crippen LogP contribution in [0.2, 0.25) is 0 Å². The second-order valence-corrected chi connectivity index (χ2v) is 2.70. The van der Waals surface area contributed by atoms with Crippen molar-refractivity contribution in [2.24, 2.45) is 4.99 Å². The molecule has 0 aliphatic carbocycles. The summed E-state index contributed by atoms with van der Waals surface area (Å²) in [6.07, 6.45) is 6.27. The molecule has 0 fully saturated rings. The SMILES string of the molecule is C/C=C/C1=NC(C)NC(C)=C1. The van der Waals surface area contributed by atoms with E-state index < -0.39 is 0 Å². The molecule has 0 amide bonds. The van der Waals surface area contributed by atoms with Gasteiger partial charge in [0.25, 0.3) is 0 Å². The number of nitrogens with one attached hydrogen (secondary N) is 1. The lowest BCUT2D eigenvalue weighted by molar-refractivity contribution is 0.636. The van der Waals surface area contributed by atoms with E-state index in [1.165, 1.54) is 5.70 Å². The minimum atomic E-state index is 0.214. The third-order valence-corrected chi connectivity index (χ3v) is 1.48. The van der Waals surface area contributed by atoms with Gasteiger partial charge in [0.05, 0.1) is 5.71 Å². The Morgan fingerprint density at radius 1 is 1.64 bits per heavy atom. The van der Waals surface area contributed by atoms with Crippen molar-refractivity contribution in [3.63, 3.8) is 0 Å². The van der Waals surface area contributed by atoms with Crippen LogP contribution in [0.4, 0.5) is 0 Å². The Morgan fingerprint density at radius 3 is 2.91 bits per heavy atom. The summed E-state index contributed by atoms with van der Waals surface area (Å²) in [7, 11) is 0. The number of hydrogen-bond acceptors (Lipinski definition) is 2. The van der Waals surface area contributed by atoms with Gasteiger partial charge in [0, 0.05) is 5.70 Å². The van der Waals surface area contributed by atoms with Crippen LogP contribution in [0.1, 0.15) is 20.8 Å². The van der Waals surface area contributed by atoms with E-state index in [2.05, 4.69) is 17.2 Å². The fraction of sp³-hybridized carbons (Fsp3) is 0.444. The molecule has 1 heterocycles. The molecule has 0 saturated carbocycles. The Hall–Kier alpha value is -1.05. The average molecular weight is 150 g/mol. The van der Waals surface area contributed by atoms with Crippen LogP contribution in [0.5, 0.6) is 0 Å². The average Bonchev–Trinajstić information content (AvgIpc) is 1.85. The first-order valence-corrected chi connectivity index (χ1v) is 3.87. The van der Waals surface area contributed by atoms with E-state index in [9.17, 15) is 0 Å². The van der Waals surface area contributed by atoms with Gasteiger partial charge in [-0.2, -0.15) is 0 Å². The van der Waals surface area contributed by atoms with E-state index in [0.29, 0.717) is 0 Å². The first-order chi connectivity index (χ1) is 5.22. The highest BCUT2D eigenvalue weighted by Crippen LogP contribution is 2.02. The van der Waals surface area contributed by atoms with Crippen LogP contribution < -0.4 is 5.32 Å². The first-order valence-electron chi connectivity index (χ1n) is 3.87. The molecular weight excluding hydrogens is 136 g/mol. The molecule has 11 heavy (non-hydrogen) atoms. The van der Waals surface area contributed by atoms with Gasteiger partial charge in [-0.05, 0) is 32.9 Å². The third-order valence-electron chi connectivity index (χ3n) is 1.48. The molecule has 1 aliphatic rings. The Morgan fingerprint density at radius 2 is 2.36 bits per heavy atom. The van der Waals surface area contributed by atoms with Crippen molar-refractivity contribution < 1.29 is 0 Å². The maximum absolute atomic E-state index is 4.36. The Kier molecular flexibility index (Phi) is 2.47. The Balaban J connectivity index is 2.78. The van der Waals surface area contributed by atoms with E-state index in [0.717, 1.165) is 5.71 Å². The molecule has 1 atom stereocenters. The van der Waals surface area contributed by atoms with Crippen molar-refractivity contribution in [3.05, 3.63) is 23.9 Å². The predicted molar refractivity (Wildman–Crippen MR) is 48.6 cm³/mol. The molecule has 0 radical (unpaired) electrons. The molecule has 2 heteroatoms. The molecule has 0 aromatic rings. The third kappa shape index (κ3) is 2.22. The van der Waals surface area contributed by atoms with Crippen LogP contribution in [-0.2, 0) is 0 Å². The highest BCUT2D eigenvalue weighted by molar-refractivity contribution is 6.04. The van der Waals surface area contributed by atoms with Crippen molar-refractivity contribution in [1.29, 1.82) is 0 Å². The topological polar surface area (TPSA) is 24.4 Å². The van der Waals surface area contributed by atoms with Gasteiger partial charge in [-0.15, -0.1) is 0 Å². The monoisotopic (exact) mass is 150 g/mol. The smallest absolute Gasteiger partial charge is 0.116 e. The number of allylic oxidation sites excluding steroid dienone is 4. The summed E-state index contributed by atoms with van der Waals surface area (Å²) in [6, 6.07) is 0. The molecule has 0 saturated heterocycles. The van der Waals surface area contributed by atoms with Crippen LogP contribution in [-0.4, -0.2) is 11.9 Å². The summed E-state index contributed by atoms with van der Waals surface area (Å²) >= 11 is 0. The number of aliphatic imine (C=N–C) groups is 1. The summed E-state index contributed by atoms with van der Waals surface area (Å²) < 4.78 is 0. The minimum Gasteiger partial charge on any atom is -0.368 e. The Labute approximate surface area is 67.7 Å². The van der Waals surface area contributed by atoms with Crippen LogP contribution in [0.15, 0.2) is 28.9 Å². The minimum absolute atomic E-state index is 0.214. The molecule has 1 rings (SSSR count). The maximum atomic E-state index is 4.36. The lowest BCUT2D eigenvalue weighted by atomic mass is 10.2. The molecular formula is C9H14N2. The molecule has 0 aromatic carbocycles. The molecule has 1 N–H and O–H groups in total. The van der Waals surface area contributed by atoms with E-state index >= 15 is 0 Å². The highest BCUT2D eigenvalue weighted by atomic mass is 15.1. The van der Waals surface area contributed by atoms with Crippen molar-refractivity contribution in [3.8, 4) is 0 Å². The van der Waals surface area contributed by atoms with E-state index in [4.69, 9.17) is 0 Å². The number of rotatable bonds is 1. The first kappa shape index (κ1) is 8.05. The molecule has 1 unspecified atom stereocenters. The van der Waals surface area contributed by atoms with Gasteiger partial charge in [-0.1, -0.05) is 6.08 Å². The molecule has 2 nitrogen and oxygen atoms in total. The van der Waals surface area contributed by atoms with Crippen LogP contribution in [0.3, 0.4) is 0 Å². The summed E-state index contributed by atoms with van der Waals surface area (Å²) in [6.45, 7) is 6.09. The van der Waals surface area contributed by atoms with Crippen molar-refractivity contribution in [2.75, 3.05) is 0 Å². The van der Waals surface area contributed by atoms with Crippen molar-refractivity contribution >= 4 is 5.71 Å². The van der Waals surface area contributed by atoms with Crippen LogP contribution >= 0.6 is 0 Å². The zero-order valence-corrected chi connectivity index (χ0v) is 7.26. The normalized spacial score (nSPS) is 24.5. The molecule has 0 aromatic heterocycles. The maximum Gasteiger partial charge on any atom is 0.116 e. The quantitative estimate of drug-likeness (QED) is 0.606. The molecule has 0 spiro atoms. The van der Waals surface area contributed by atoms with Gasteiger partial charge < -0.3 is 5.32 Å². The van der Waals surface area contributed by atoms with Gasteiger partial charge in [-0.25, -0.2) is 0 Å². The fourth-order valence-electron chi connectivity index (χ4n) is 1.15. The Bertz CT molecular complexity index is 224. The number of nitrogens with zero attached hydrogens (tertiary/aromatic N) is 1. The zero-order valence-electron chi connectivity index (χ0n) is 7.26. The molecule has 60 valence electrons. The van der Waals surface area contributed by atoms with Crippen molar-refractivity contribution in [1.82, 2.24) is 5.32 Å². The second-order valence-electron chi connectivity index (χ2n) is 2.70. The lowest BCUT2D eigenvalue weighted by Crippen LogP contribution is -2.27. The van der Waals surface area contributed by atoms with Crippen LogP contribution in [0.25, 0.3) is 0 Å². The van der Waals surface area contributed by atoms with Crippen molar-refractivity contribution in [2.45, 2.75) is 26.9 Å². The van der Waals surface area contributed by atoms with E-state index in [-0.39, 0.29) is 6.17 Å². The van der Waals surface area contributed by atoms with Gasteiger partial charge in [0.2, 0.25) is 0 Å². The summed E-state index contributed by atoms with van der Waals surface area (Å²) in [5, 5.41) is 3.21. The fourth-order valence-corrected chi connectivity index (χ4v) is 1.15.